The molecule has 2 rings (SSSR count). The second-order valence-electron chi connectivity index (χ2n) is 4.13. The number of benzene rings is 1. The lowest BCUT2D eigenvalue weighted by Crippen LogP contribution is -2.35. The van der Waals surface area contributed by atoms with Crippen LogP contribution < -0.4 is 5.73 Å². The quantitative estimate of drug-likeness (QED) is 0.372. The summed E-state index contributed by atoms with van der Waals surface area (Å²) in [5.74, 6) is -0.250. The van der Waals surface area contributed by atoms with E-state index in [1.54, 1.807) is 25.4 Å². The molecule has 0 spiro atoms. The smallest absolute Gasteiger partial charge is 0.256 e. The number of rotatable bonds is 3. The Morgan fingerprint density at radius 3 is 2.89 bits per heavy atom. The Morgan fingerprint density at radius 1 is 1.42 bits per heavy atom. The number of hydrogen-bond acceptors (Lipinski definition) is 4. The monoisotopic (exact) mass is 258 g/mol. The molecule has 0 saturated heterocycles. The van der Waals surface area contributed by atoms with E-state index in [4.69, 9.17) is 10.9 Å². The number of oxime groups is 1. The van der Waals surface area contributed by atoms with E-state index >= 15 is 0 Å². The van der Waals surface area contributed by atoms with E-state index in [-0.39, 0.29) is 18.3 Å². The molecule has 6 nitrogen and oxygen atoms in total. The van der Waals surface area contributed by atoms with Crippen molar-refractivity contribution in [3.8, 4) is 0 Å². The molecular weight excluding hydrogens is 244 g/mol. The third-order valence-corrected chi connectivity index (χ3v) is 2.74. The first-order valence-electron chi connectivity index (χ1n) is 5.69. The number of carbonyl (C=O) groups excluding carboxylic acids is 1. The highest BCUT2D eigenvalue weighted by Gasteiger charge is 2.16. The molecule has 0 aliphatic rings. The minimum atomic E-state index is -0.226. The van der Waals surface area contributed by atoms with Gasteiger partial charge in [0.05, 0.1) is 17.6 Å². The van der Waals surface area contributed by atoms with E-state index in [1.165, 1.54) is 4.90 Å². The second-order valence-corrected chi connectivity index (χ2v) is 4.13. The van der Waals surface area contributed by atoms with Crippen LogP contribution in [0.5, 0.6) is 0 Å². The Morgan fingerprint density at radius 2 is 2.16 bits per heavy atom. The Bertz CT molecular complexity index is 634. The van der Waals surface area contributed by atoms with E-state index < -0.39 is 0 Å². The molecule has 0 bridgehead atoms. The molecule has 2 aromatic rings. The van der Waals surface area contributed by atoms with Gasteiger partial charge in [0.1, 0.15) is 0 Å². The van der Waals surface area contributed by atoms with Gasteiger partial charge in [0.2, 0.25) is 0 Å². The van der Waals surface area contributed by atoms with Crippen LogP contribution in [0, 0.1) is 0 Å². The normalized spacial score (nSPS) is 11.5. The van der Waals surface area contributed by atoms with Gasteiger partial charge in [0.25, 0.3) is 5.91 Å². The Hall–Kier alpha value is -2.63. The van der Waals surface area contributed by atoms with E-state index in [9.17, 15) is 4.79 Å². The number of aromatic nitrogens is 1. The van der Waals surface area contributed by atoms with E-state index in [0.717, 1.165) is 5.39 Å². The SMILES string of the molecule is CN(CC(N)=NO)C(=O)c1cccc2cccnc12. The van der Waals surface area contributed by atoms with Crippen LogP contribution in [0.25, 0.3) is 10.9 Å². The van der Waals surface area contributed by atoms with Crippen LogP contribution in [0.15, 0.2) is 41.7 Å². The highest BCUT2D eigenvalue weighted by atomic mass is 16.4. The highest BCUT2D eigenvalue weighted by molar-refractivity contribution is 6.06. The summed E-state index contributed by atoms with van der Waals surface area (Å²) in [5, 5.41) is 12.3. The van der Waals surface area contributed by atoms with Gasteiger partial charge in [-0.3, -0.25) is 9.78 Å². The van der Waals surface area contributed by atoms with Gasteiger partial charge in [0.15, 0.2) is 5.84 Å². The maximum absolute atomic E-state index is 12.3. The number of para-hydroxylation sites is 1. The molecule has 0 unspecified atom stereocenters. The van der Waals surface area contributed by atoms with Crippen LogP contribution in [0.2, 0.25) is 0 Å². The Labute approximate surface area is 110 Å². The number of nitrogens with two attached hydrogens (primary N) is 1. The standard InChI is InChI=1S/C13H14N4O2/c1-17(8-11(14)16-19)13(18)10-6-2-4-9-5-3-7-15-12(9)10/h2-7,19H,8H2,1H3,(H2,14,16). The summed E-state index contributed by atoms with van der Waals surface area (Å²) in [5.41, 5.74) is 6.53. The van der Waals surface area contributed by atoms with Gasteiger partial charge in [-0.2, -0.15) is 0 Å². The average Bonchev–Trinajstić information content (AvgIpc) is 2.45. The number of pyridine rings is 1. The summed E-state index contributed by atoms with van der Waals surface area (Å²) in [7, 11) is 1.59. The zero-order chi connectivity index (χ0) is 13.8. The molecule has 0 atom stereocenters. The van der Waals surface area contributed by atoms with Gasteiger partial charge >= 0.3 is 0 Å². The number of hydrogen-bond donors (Lipinski definition) is 2. The fourth-order valence-corrected chi connectivity index (χ4v) is 1.83. The molecule has 0 aliphatic carbocycles. The predicted molar refractivity (Wildman–Crippen MR) is 72.1 cm³/mol. The molecule has 19 heavy (non-hydrogen) atoms. The molecule has 1 amide bonds. The number of carbonyl (C=O) groups is 1. The lowest BCUT2D eigenvalue weighted by atomic mass is 10.1. The van der Waals surface area contributed by atoms with Gasteiger partial charge in [-0.1, -0.05) is 23.4 Å². The van der Waals surface area contributed by atoms with Gasteiger partial charge in [-0.15, -0.1) is 0 Å². The predicted octanol–water partition coefficient (Wildman–Crippen LogP) is 1.05. The van der Waals surface area contributed by atoms with Crippen molar-refractivity contribution in [1.29, 1.82) is 0 Å². The minimum Gasteiger partial charge on any atom is -0.409 e. The molecule has 0 saturated carbocycles. The van der Waals surface area contributed by atoms with Crippen molar-refractivity contribution in [2.24, 2.45) is 10.9 Å². The Kier molecular flexibility index (Phi) is 3.61. The topological polar surface area (TPSA) is 91.8 Å². The van der Waals surface area contributed by atoms with Gasteiger partial charge in [0, 0.05) is 18.6 Å². The zero-order valence-electron chi connectivity index (χ0n) is 10.4. The molecular formula is C13H14N4O2. The van der Waals surface area contributed by atoms with Crippen LogP contribution in [-0.4, -0.2) is 40.4 Å². The van der Waals surface area contributed by atoms with Crippen LogP contribution in [-0.2, 0) is 0 Å². The molecule has 1 heterocycles. The number of amidine groups is 1. The first-order chi connectivity index (χ1) is 9.13. The Balaban J connectivity index is 2.36. The van der Waals surface area contributed by atoms with Crippen LogP contribution in [0.4, 0.5) is 0 Å². The highest BCUT2D eigenvalue weighted by Crippen LogP contribution is 2.17. The average molecular weight is 258 g/mol. The number of likely N-dealkylation sites (N-methyl/N-ethyl adjacent to an activating group) is 1. The number of fused-ring (bicyclic) bond motifs is 1. The molecule has 1 aromatic carbocycles. The molecule has 1 aromatic heterocycles. The van der Waals surface area contributed by atoms with Crippen molar-refractivity contribution in [3.63, 3.8) is 0 Å². The summed E-state index contributed by atoms with van der Waals surface area (Å²) in [6.45, 7) is 0.0541. The summed E-state index contributed by atoms with van der Waals surface area (Å²) in [4.78, 5) is 17.9. The third kappa shape index (κ3) is 2.62. The van der Waals surface area contributed by atoms with E-state index in [0.29, 0.717) is 11.1 Å². The molecule has 0 fully saturated rings. The van der Waals surface area contributed by atoms with Gasteiger partial charge in [-0.25, -0.2) is 0 Å². The maximum Gasteiger partial charge on any atom is 0.256 e. The van der Waals surface area contributed by atoms with Gasteiger partial charge < -0.3 is 15.8 Å². The molecule has 3 N–H and O–H groups in total. The van der Waals surface area contributed by atoms with E-state index in [1.807, 2.05) is 18.2 Å². The summed E-state index contributed by atoms with van der Waals surface area (Å²) in [6.07, 6.45) is 1.64. The fraction of sp³-hybridized carbons (Fsp3) is 0.154. The van der Waals surface area contributed by atoms with Crippen LogP contribution >= 0.6 is 0 Å². The van der Waals surface area contributed by atoms with Gasteiger partial charge in [-0.05, 0) is 12.1 Å². The lowest BCUT2D eigenvalue weighted by Gasteiger charge is -2.16. The van der Waals surface area contributed by atoms with Crippen LogP contribution in [0.3, 0.4) is 0 Å². The van der Waals surface area contributed by atoms with Crippen molar-refractivity contribution < 1.29 is 10.0 Å². The van der Waals surface area contributed by atoms with Crippen molar-refractivity contribution in [2.45, 2.75) is 0 Å². The third-order valence-electron chi connectivity index (χ3n) is 2.74. The van der Waals surface area contributed by atoms with E-state index in [2.05, 4.69) is 10.1 Å². The lowest BCUT2D eigenvalue weighted by molar-refractivity contribution is 0.0815. The first kappa shape index (κ1) is 12.8. The molecule has 0 aliphatic heterocycles. The van der Waals surface area contributed by atoms with Crippen molar-refractivity contribution in [2.75, 3.05) is 13.6 Å². The zero-order valence-corrected chi connectivity index (χ0v) is 10.4. The molecule has 98 valence electrons. The number of nitrogens with zero attached hydrogens (tertiary/aromatic N) is 3. The largest absolute Gasteiger partial charge is 0.409 e. The van der Waals surface area contributed by atoms with Crippen molar-refractivity contribution in [1.82, 2.24) is 9.88 Å². The maximum atomic E-state index is 12.3. The van der Waals surface area contributed by atoms with Crippen molar-refractivity contribution >= 4 is 22.6 Å². The summed E-state index contributed by atoms with van der Waals surface area (Å²) < 4.78 is 0. The minimum absolute atomic E-state index is 0.0240. The number of amides is 1. The molecule has 0 radical (unpaired) electrons. The summed E-state index contributed by atoms with van der Waals surface area (Å²) >= 11 is 0. The second kappa shape index (κ2) is 5.34. The fourth-order valence-electron chi connectivity index (χ4n) is 1.83. The van der Waals surface area contributed by atoms with Crippen molar-refractivity contribution in [3.05, 3.63) is 42.1 Å². The molecule has 6 heteroatoms. The van der Waals surface area contributed by atoms with Crippen LogP contribution in [0.1, 0.15) is 10.4 Å². The first-order valence-corrected chi connectivity index (χ1v) is 5.69. The summed E-state index contributed by atoms with van der Waals surface area (Å²) in [6, 6.07) is 9.11.